The molecule has 2 heterocycles. The van der Waals surface area contributed by atoms with Crippen molar-refractivity contribution < 1.29 is 8.42 Å². The van der Waals surface area contributed by atoms with E-state index in [4.69, 9.17) is 0 Å². The molecule has 3 aromatic rings. The summed E-state index contributed by atoms with van der Waals surface area (Å²) in [7, 11) is -3.57. The quantitative estimate of drug-likeness (QED) is 0.489. The molecule has 5 rings (SSSR count). The normalized spacial score (nSPS) is 19.7. The lowest BCUT2D eigenvalue weighted by molar-refractivity contribution is 0.221. The van der Waals surface area contributed by atoms with Crippen molar-refractivity contribution in [3.63, 3.8) is 0 Å². The fourth-order valence-corrected chi connectivity index (χ4v) is 6.80. The summed E-state index contributed by atoms with van der Waals surface area (Å²) < 4.78 is 30.2. The molecule has 36 heavy (non-hydrogen) atoms. The molecule has 2 aromatic carbocycles. The minimum Gasteiger partial charge on any atom is -0.299 e. The molecular weight excluding hydrogens is 470 g/mol. The van der Waals surface area contributed by atoms with E-state index >= 15 is 0 Å². The summed E-state index contributed by atoms with van der Waals surface area (Å²) in [5.74, 6) is 0. The Morgan fingerprint density at radius 3 is 2.61 bits per heavy atom. The number of nitrogens with one attached hydrogen (secondary N) is 1. The first-order chi connectivity index (χ1) is 17.4. The molecule has 192 valence electrons. The molecule has 7 nitrogen and oxygen atoms in total. The number of sulfonamides is 1. The number of aromatic nitrogens is 3. The van der Waals surface area contributed by atoms with Crippen molar-refractivity contribution in [2.24, 2.45) is 0 Å². The zero-order valence-electron chi connectivity index (χ0n) is 21.4. The van der Waals surface area contributed by atoms with Crippen LogP contribution < -0.4 is 4.72 Å². The van der Waals surface area contributed by atoms with Crippen LogP contribution in [0.5, 0.6) is 0 Å². The van der Waals surface area contributed by atoms with Gasteiger partial charge in [0.05, 0.1) is 16.6 Å². The molecule has 0 saturated carbocycles. The third-order valence-electron chi connectivity index (χ3n) is 7.42. The van der Waals surface area contributed by atoms with Crippen molar-refractivity contribution in [3.8, 4) is 0 Å². The smallest absolute Gasteiger partial charge is 0.240 e. The van der Waals surface area contributed by atoms with Gasteiger partial charge in [0.25, 0.3) is 0 Å². The summed E-state index contributed by atoms with van der Waals surface area (Å²) >= 11 is 0. The SMILES string of the molecule is Cc1ccc(S(=O)(=O)N[C@@H](C)Cc2cn([C@@H]3CCCc4cc(CN5CCCCC5)ccc43)nn2)cc1. The number of benzene rings is 2. The molecule has 1 fully saturated rings. The van der Waals surface area contributed by atoms with Crippen LogP contribution in [0, 0.1) is 6.92 Å². The minimum atomic E-state index is -3.57. The molecule has 1 saturated heterocycles. The van der Waals surface area contributed by atoms with Crippen LogP contribution in [0.2, 0.25) is 0 Å². The molecule has 2 aliphatic rings. The van der Waals surface area contributed by atoms with Gasteiger partial charge in [-0.05, 0) is 87.9 Å². The molecule has 1 aromatic heterocycles. The Kier molecular flexibility index (Phi) is 7.55. The maximum atomic E-state index is 12.7. The van der Waals surface area contributed by atoms with Gasteiger partial charge >= 0.3 is 0 Å². The zero-order chi connectivity index (χ0) is 25.1. The Hall–Kier alpha value is -2.55. The average Bonchev–Trinajstić information content (AvgIpc) is 3.32. The first-order valence-corrected chi connectivity index (χ1v) is 14.7. The maximum Gasteiger partial charge on any atom is 0.240 e. The average molecular weight is 508 g/mol. The monoisotopic (exact) mass is 507 g/mol. The number of hydrogen-bond acceptors (Lipinski definition) is 5. The second kappa shape index (κ2) is 10.8. The Balaban J connectivity index is 1.24. The Morgan fingerprint density at radius 2 is 1.83 bits per heavy atom. The van der Waals surface area contributed by atoms with E-state index in [2.05, 4.69) is 38.1 Å². The molecule has 1 N–H and O–H groups in total. The minimum absolute atomic E-state index is 0.179. The third kappa shape index (κ3) is 5.88. The van der Waals surface area contributed by atoms with Crippen molar-refractivity contribution in [2.75, 3.05) is 13.1 Å². The Bertz CT molecular complexity index is 1280. The first-order valence-electron chi connectivity index (χ1n) is 13.2. The Morgan fingerprint density at radius 1 is 1.06 bits per heavy atom. The van der Waals surface area contributed by atoms with Gasteiger partial charge in [-0.15, -0.1) is 5.10 Å². The van der Waals surface area contributed by atoms with Gasteiger partial charge in [0.15, 0.2) is 0 Å². The largest absolute Gasteiger partial charge is 0.299 e. The summed E-state index contributed by atoms with van der Waals surface area (Å²) in [4.78, 5) is 2.85. The molecule has 1 aliphatic carbocycles. The van der Waals surface area contributed by atoms with Crippen LogP contribution in [-0.2, 0) is 29.4 Å². The van der Waals surface area contributed by atoms with E-state index in [1.54, 1.807) is 12.1 Å². The second-order valence-corrected chi connectivity index (χ2v) is 12.2. The van der Waals surface area contributed by atoms with Crippen LogP contribution in [0.3, 0.4) is 0 Å². The number of hydrogen-bond donors (Lipinski definition) is 1. The molecule has 8 heteroatoms. The summed E-state index contributed by atoms with van der Waals surface area (Å²) in [5, 5.41) is 8.84. The van der Waals surface area contributed by atoms with E-state index < -0.39 is 10.0 Å². The molecule has 0 spiro atoms. The summed E-state index contributed by atoms with van der Waals surface area (Å²) in [6.45, 7) is 7.27. The third-order valence-corrected chi connectivity index (χ3v) is 9.03. The molecule has 0 radical (unpaired) electrons. The van der Waals surface area contributed by atoms with E-state index in [1.807, 2.05) is 36.9 Å². The predicted molar refractivity (Wildman–Crippen MR) is 141 cm³/mol. The fraction of sp³-hybridized carbons (Fsp3) is 0.500. The molecule has 0 unspecified atom stereocenters. The van der Waals surface area contributed by atoms with Crippen LogP contribution in [0.15, 0.2) is 53.6 Å². The van der Waals surface area contributed by atoms with E-state index in [1.165, 1.54) is 49.0 Å². The van der Waals surface area contributed by atoms with E-state index in [-0.39, 0.29) is 17.0 Å². The van der Waals surface area contributed by atoms with Crippen LogP contribution in [0.4, 0.5) is 0 Å². The van der Waals surface area contributed by atoms with Gasteiger partial charge in [-0.25, -0.2) is 17.8 Å². The number of aryl methyl sites for hydroxylation is 2. The van der Waals surface area contributed by atoms with E-state index in [9.17, 15) is 8.42 Å². The van der Waals surface area contributed by atoms with Gasteiger partial charge in [0, 0.05) is 25.2 Å². The lowest BCUT2D eigenvalue weighted by atomic mass is 9.86. The first kappa shape index (κ1) is 25.1. The van der Waals surface area contributed by atoms with Gasteiger partial charge in [0.2, 0.25) is 10.0 Å². The predicted octanol–water partition coefficient (Wildman–Crippen LogP) is 4.41. The van der Waals surface area contributed by atoms with Gasteiger partial charge in [0.1, 0.15) is 0 Å². The topological polar surface area (TPSA) is 80.1 Å². The summed E-state index contributed by atoms with van der Waals surface area (Å²) in [5.41, 5.74) is 6.00. The molecule has 0 bridgehead atoms. The van der Waals surface area contributed by atoms with E-state index in [0.717, 1.165) is 37.1 Å². The molecule has 0 amide bonds. The van der Waals surface area contributed by atoms with E-state index in [0.29, 0.717) is 6.42 Å². The number of nitrogens with zero attached hydrogens (tertiary/aromatic N) is 4. The van der Waals surface area contributed by atoms with Crippen LogP contribution in [-0.4, -0.2) is 47.4 Å². The zero-order valence-corrected chi connectivity index (χ0v) is 22.2. The molecular formula is C28H37N5O2S. The highest BCUT2D eigenvalue weighted by Crippen LogP contribution is 2.33. The number of rotatable bonds is 8. The van der Waals surface area contributed by atoms with Gasteiger partial charge < -0.3 is 0 Å². The molecule has 1 aliphatic heterocycles. The van der Waals surface area contributed by atoms with Crippen molar-refractivity contribution >= 4 is 10.0 Å². The maximum absolute atomic E-state index is 12.7. The highest BCUT2D eigenvalue weighted by molar-refractivity contribution is 7.89. The Labute approximate surface area is 215 Å². The highest BCUT2D eigenvalue weighted by atomic mass is 32.2. The highest BCUT2D eigenvalue weighted by Gasteiger charge is 2.24. The molecule has 2 atom stereocenters. The van der Waals surface area contributed by atoms with Crippen molar-refractivity contribution in [1.82, 2.24) is 24.6 Å². The second-order valence-electron chi connectivity index (χ2n) is 10.5. The van der Waals surface area contributed by atoms with Crippen LogP contribution in [0.1, 0.15) is 73.0 Å². The van der Waals surface area contributed by atoms with Crippen molar-refractivity contribution in [3.05, 3.63) is 76.6 Å². The fourth-order valence-electron chi connectivity index (χ4n) is 5.56. The summed E-state index contributed by atoms with van der Waals surface area (Å²) in [6, 6.07) is 13.8. The number of piperidine rings is 1. The summed E-state index contributed by atoms with van der Waals surface area (Å²) in [6.07, 6.45) is 9.74. The standard InChI is InChI=1S/C28H37N5O2S/c1-21-9-12-26(13-10-21)36(34,35)30-22(2)17-25-20-33(31-29-25)28-8-6-7-24-18-23(11-14-27(24)28)19-32-15-4-3-5-16-32/h9-14,18,20,22,28,30H,3-8,15-17,19H2,1-2H3/t22-,28+/m0/s1. The van der Waals surface area contributed by atoms with Gasteiger partial charge in [-0.2, -0.15) is 0 Å². The number of fused-ring (bicyclic) bond motifs is 1. The van der Waals surface area contributed by atoms with Gasteiger partial charge in [-0.3, -0.25) is 4.90 Å². The van der Waals surface area contributed by atoms with Crippen molar-refractivity contribution in [2.45, 2.75) is 82.3 Å². The lowest BCUT2D eigenvalue weighted by Gasteiger charge is -2.29. The van der Waals surface area contributed by atoms with Crippen LogP contribution in [0.25, 0.3) is 0 Å². The van der Waals surface area contributed by atoms with Crippen molar-refractivity contribution in [1.29, 1.82) is 0 Å². The number of likely N-dealkylation sites (tertiary alicyclic amines) is 1. The van der Waals surface area contributed by atoms with Crippen LogP contribution >= 0.6 is 0 Å². The lowest BCUT2D eigenvalue weighted by Crippen LogP contribution is -2.34. The van der Waals surface area contributed by atoms with Gasteiger partial charge in [-0.1, -0.05) is 47.5 Å².